The standard InChI is InChI=1S/C6H15N3O2S2/c1-2-8-13(10,11)9-5-3-4-6(7)12/h8-9H,2-5H2,1H3,(H2,7,12). The average molecular weight is 225 g/mol. The Balaban J connectivity index is 3.58. The van der Waals surface area contributed by atoms with Crippen LogP contribution >= 0.6 is 12.2 Å². The van der Waals surface area contributed by atoms with Gasteiger partial charge in [0.05, 0.1) is 4.99 Å². The molecular weight excluding hydrogens is 210 g/mol. The molecule has 78 valence electrons. The second kappa shape index (κ2) is 6.25. The van der Waals surface area contributed by atoms with Crippen LogP contribution < -0.4 is 15.2 Å². The number of nitrogens with two attached hydrogens (primary N) is 1. The van der Waals surface area contributed by atoms with Gasteiger partial charge >= 0.3 is 0 Å². The lowest BCUT2D eigenvalue weighted by Gasteiger charge is -2.05. The minimum atomic E-state index is -3.31. The van der Waals surface area contributed by atoms with E-state index in [0.29, 0.717) is 30.9 Å². The topological polar surface area (TPSA) is 84.2 Å². The zero-order valence-electron chi connectivity index (χ0n) is 7.54. The fourth-order valence-corrected chi connectivity index (χ4v) is 1.75. The summed E-state index contributed by atoms with van der Waals surface area (Å²) in [7, 11) is -3.31. The fraction of sp³-hybridized carbons (Fsp3) is 0.833. The van der Waals surface area contributed by atoms with E-state index in [-0.39, 0.29) is 0 Å². The van der Waals surface area contributed by atoms with Crippen LogP contribution in [0.3, 0.4) is 0 Å². The van der Waals surface area contributed by atoms with Crippen LogP contribution in [0.5, 0.6) is 0 Å². The van der Waals surface area contributed by atoms with Crippen LogP contribution in [0.1, 0.15) is 19.8 Å². The molecule has 7 heteroatoms. The quantitative estimate of drug-likeness (QED) is 0.403. The molecule has 0 saturated heterocycles. The molecule has 0 heterocycles. The first-order chi connectivity index (χ1) is 5.98. The predicted molar refractivity (Wildman–Crippen MR) is 56.6 cm³/mol. The Kier molecular flexibility index (Phi) is 6.13. The summed E-state index contributed by atoms with van der Waals surface area (Å²) in [6.07, 6.45) is 1.18. The summed E-state index contributed by atoms with van der Waals surface area (Å²) >= 11 is 4.64. The van der Waals surface area contributed by atoms with Crippen molar-refractivity contribution in [1.29, 1.82) is 0 Å². The zero-order chi connectivity index (χ0) is 10.3. The van der Waals surface area contributed by atoms with Gasteiger partial charge in [-0.15, -0.1) is 0 Å². The summed E-state index contributed by atoms with van der Waals surface area (Å²) in [6, 6.07) is 0. The monoisotopic (exact) mass is 225 g/mol. The Bertz CT molecular complexity index is 251. The highest BCUT2D eigenvalue weighted by Gasteiger charge is 2.05. The molecule has 0 rings (SSSR count). The van der Waals surface area contributed by atoms with Crippen molar-refractivity contribution in [3.05, 3.63) is 0 Å². The Morgan fingerprint density at radius 2 is 2.08 bits per heavy atom. The minimum Gasteiger partial charge on any atom is -0.393 e. The molecule has 4 N–H and O–H groups in total. The molecule has 0 aromatic carbocycles. The number of hydrogen-bond acceptors (Lipinski definition) is 3. The summed E-state index contributed by atoms with van der Waals surface area (Å²) in [6.45, 7) is 2.45. The number of thiocarbonyl (C=S) groups is 1. The fourth-order valence-electron chi connectivity index (χ4n) is 0.710. The largest absolute Gasteiger partial charge is 0.393 e. The third-order valence-electron chi connectivity index (χ3n) is 1.23. The molecule has 0 aromatic rings. The van der Waals surface area contributed by atoms with Gasteiger partial charge in [0.15, 0.2) is 0 Å². The summed E-state index contributed by atoms with van der Waals surface area (Å²) in [5, 5.41) is 0. The third kappa shape index (κ3) is 8.10. The average Bonchev–Trinajstić information content (AvgIpc) is 1.98. The summed E-state index contributed by atoms with van der Waals surface area (Å²) in [5.41, 5.74) is 5.24. The van der Waals surface area contributed by atoms with E-state index in [1.165, 1.54) is 0 Å². The SMILES string of the molecule is CCNS(=O)(=O)NCCCC(N)=S. The molecule has 0 unspecified atom stereocenters. The van der Waals surface area contributed by atoms with Crippen LogP contribution in [0.25, 0.3) is 0 Å². The summed E-state index contributed by atoms with van der Waals surface area (Å²) in [5.74, 6) is 0. The van der Waals surface area contributed by atoms with Gasteiger partial charge in [0.25, 0.3) is 10.2 Å². The number of hydrogen-bond donors (Lipinski definition) is 3. The Morgan fingerprint density at radius 1 is 1.46 bits per heavy atom. The van der Waals surface area contributed by atoms with E-state index in [9.17, 15) is 8.42 Å². The zero-order valence-corrected chi connectivity index (χ0v) is 9.17. The first-order valence-electron chi connectivity index (χ1n) is 4.00. The number of nitrogens with one attached hydrogen (secondary N) is 2. The maximum Gasteiger partial charge on any atom is 0.276 e. The highest BCUT2D eigenvalue weighted by molar-refractivity contribution is 7.87. The van der Waals surface area contributed by atoms with E-state index in [2.05, 4.69) is 21.7 Å². The summed E-state index contributed by atoms with van der Waals surface area (Å²) < 4.78 is 26.6. The van der Waals surface area contributed by atoms with Gasteiger partial charge in [0, 0.05) is 13.1 Å². The van der Waals surface area contributed by atoms with Crippen molar-refractivity contribution in [3.63, 3.8) is 0 Å². The van der Waals surface area contributed by atoms with Gasteiger partial charge in [-0.2, -0.15) is 8.42 Å². The van der Waals surface area contributed by atoms with Gasteiger partial charge in [-0.25, -0.2) is 9.44 Å². The van der Waals surface area contributed by atoms with E-state index in [0.717, 1.165) is 0 Å². The van der Waals surface area contributed by atoms with E-state index in [1.54, 1.807) is 6.92 Å². The van der Waals surface area contributed by atoms with Crippen molar-refractivity contribution in [2.24, 2.45) is 5.73 Å². The molecule has 0 aliphatic heterocycles. The molecule has 5 nitrogen and oxygen atoms in total. The molecular formula is C6H15N3O2S2. The third-order valence-corrected chi connectivity index (χ3v) is 2.68. The molecule has 0 atom stereocenters. The van der Waals surface area contributed by atoms with E-state index >= 15 is 0 Å². The van der Waals surface area contributed by atoms with Crippen LogP contribution in [-0.4, -0.2) is 26.5 Å². The van der Waals surface area contributed by atoms with Gasteiger partial charge in [-0.3, -0.25) is 0 Å². The maximum absolute atomic E-state index is 11.0. The van der Waals surface area contributed by atoms with Gasteiger partial charge in [0.1, 0.15) is 0 Å². The smallest absolute Gasteiger partial charge is 0.276 e. The van der Waals surface area contributed by atoms with E-state index < -0.39 is 10.2 Å². The maximum atomic E-state index is 11.0. The molecule has 0 amide bonds. The molecule has 0 radical (unpaired) electrons. The lowest BCUT2D eigenvalue weighted by atomic mass is 10.3. The molecule has 0 fully saturated rings. The van der Waals surface area contributed by atoms with Crippen molar-refractivity contribution in [3.8, 4) is 0 Å². The second-order valence-electron chi connectivity index (χ2n) is 2.47. The van der Waals surface area contributed by atoms with Crippen LogP contribution in [-0.2, 0) is 10.2 Å². The van der Waals surface area contributed by atoms with Gasteiger partial charge in [0.2, 0.25) is 0 Å². The highest BCUT2D eigenvalue weighted by Crippen LogP contribution is 1.87. The van der Waals surface area contributed by atoms with Crippen molar-refractivity contribution < 1.29 is 8.42 Å². The lowest BCUT2D eigenvalue weighted by molar-refractivity contribution is 0.567. The molecule has 0 bridgehead atoms. The van der Waals surface area contributed by atoms with Gasteiger partial charge in [-0.05, 0) is 12.8 Å². The van der Waals surface area contributed by atoms with Crippen molar-refractivity contribution >= 4 is 27.4 Å². The second-order valence-corrected chi connectivity index (χ2v) is 4.57. The summed E-state index contributed by atoms with van der Waals surface area (Å²) in [4.78, 5) is 0.405. The van der Waals surface area contributed by atoms with Crippen LogP contribution in [0.15, 0.2) is 0 Å². The normalized spacial score (nSPS) is 11.5. The Hall–Kier alpha value is -0.240. The van der Waals surface area contributed by atoms with Crippen LogP contribution in [0.4, 0.5) is 0 Å². The van der Waals surface area contributed by atoms with E-state index in [1.807, 2.05) is 0 Å². The van der Waals surface area contributed by atoms with Crippen molar-refractivity contribution in [2.45, 2.75) is 19.8 Å². The van der Waals surface area contributed by atoms with E-state index in [4.69, 9.17) is 5.73 Å². The molecule has 0 saturated carbocycles. The molecule has 13 heavy (non-hydrogen) atoms. The molecule has 0 aromatic heterocycles. The first-order valence-corrected chi connectivity index (χ1v) is 5.89. The van der Waals surface area contributed by atoms with Gasteiger partial charge < -0.3 is 5.73 Å². The van der Waals surface area contributed by atoms with Crippen LogP contribution in [0.2, 0.25) is 0 Å². The van der Waals surface area contributed by atoms with Crippen molar-refractivity contribution in [2.75, 3.05) is 13.1 Å². The minimum absolute atomic E-state index is 0.354. The van der Waals surface area contributed by atoms with Crippen molar-refractivity contribution in [1.82, 2.24) is 9.44 Å². The predicted octanol–water partition coefficient (Wildman–Crippen LogP) is -0.503. The van der Waals surface area contributed by atoms with Gasteiger partial charge in [-0.1, -0.05) is 19.1 Å². The molecule has 0 spiro atoms. The highest BCUT2D eigenvalue weighted by atomic mass is 32.2. The van der Waals surface area contributed by atoms with Crippen LogP contribution in [0, 0.1) is 0 Å². The first kappa shape index (κ1) is 12.8. The lowest BCUT2D eigenvalue weighted by Crippen LogP contribution is -2.37. The Morgan fingerprint density at radius 3 is 2.54 bits per heavy atom. The number of rotatable bonds is 7. The Labute approximate surface area is 84.3 Å². The molecule has 0 aliphatic rings. The molecule has 0 aliphatic carbocycles.